The van der Waals surface area contributed by atoms with Crippen LogP contribution in [0.15, 0.2) is 36.5 Å². The van der Waals surface area contributed by atoms with Gasteiger partial charge in [0.15, 0.2) is 0 Å². The van der Waals surface area contributed by atoms with Gasteiger partial charge in [-0.15, -0.1) is 0 Å². The molecule has 0 aliphatic heterocycles. The lowest BCUT2D eigenvalue weighted by molar-refractivity contribution is 0.0694. The van der Waals surface area contributed by atoms with Gasteiger partial charge in [0, 0.05) is 6.20 Å². The Kier molecular flexibility index (Phi) is 3.75. The number of carbonyl (C=O) groups is 1. The Morgan fingerprint density at radius 1 is 1.32 bits per heavy atom. The average molecular weight is 258 g/mol. The van der Waals surface area contributed by atoms with Gasteiger partial charge in [0.1, 0.15) is 6.10 Å². The molecule has 1 unspecified atom stereocenters. The second-order valence-corrected chi connectivity index (χ2v) is 4.13. The van der Waals surface area contributed by atoms with E-state index in [4.69, 9.17) is 9.84 Å². The van der Waals surface area contributed by atoms with Gasteiger partial charge < -0.3 is 9.84 Å². The average Bonchev–Trinajstić information content (AvgIpc) is 2.39. The molecule has 0 amide bonds. The van der Waals surface area contributed by atoms with Crippen molar-refractivity contribution in [3.05, 3.63) is 53.3 Å². The highest BCUT2D eigenvalue weighted by Crippen LogP contribution is 2.19. The molecule has 5 heteroatoms. The zero-order chi connectivity index (χ0) is 13.8. The number of hydrogen-bond acceptors (Lipinski definition) is 4. The first-order valence-electron chi connectivity index (χ1n) is 5.86. The van der Waals surface area contributed by atoms with E-state index in [0.717, 1.165) is 5.56 Å². The van der Waals surface area contributed by atoms with E-state index in [1.807, 2.05) is 37.3 Å². The van der Waals surface area contributed by atoms with Crippen molar-refractivity contribution in [3.63, 3.8) is 0 Å². The Morgan fingerprint density at radius 3 is 2.58 bits per heavy atom. The highest BCUT2D eigenvalue weighted by molar-refractivity contribution is 5.88. The highest BCUT2D eigenvalue weighted by Gasteiger charge is 2.13. The van der Waals surface area contributed by atoms with Crippen molar-refractivity contribution >= 4 is 5.97 Å². The maximum Gasteiger partial charge on any atom is 0.339 e. The quantitative estimate of drug-likeness (QED) is 0.912. The minimum absolute atomic E-state index is 0.0831. The van der Waals surface area contributed by atoms with Gasteiger partial charge in [-0.1, -0.05) is 30.3 Å². The summed E-state index contributed by atoms with van der Waals surface area (Å²) in [5, 5.41) is 8.90. The van der Waals surface area contributed by atoms with Crippen molar-refractivity contribution < 1.29 is 14.6 Å². The lowest BCUT2D eigenvalue weighted by Gasteiger charge is -2.13. The summed E-state index contributed by atoms with van der Waals surface area (Å²) in [7, 11) is 0. The van der Waals surface area contributed by atoms with Crippen molar-refractivity contribution in [2.75, 3.05) is 0 Å². The molecule has 0 aliphatic carbocycles. The van der Waals surface area contributed by atoms with Crippen LogP contribution in [-0.2, 0) is 0 Å². The predicted octanol–water partition coefficient (Wildman–Crippen LogP) is 2.62. The maximum atomic E-state index is 10.9. The van der Waals surface area contributed by atoms with Crippen molar-refractivity contribution in [3.8, 4) is 6.01 Å². The van der Waals surface area contributed by atoms with E-state index < -0.39 is 5.97 Å². The first-order chi connectivity index (χ1) is 9.08. The fourth-order valence-electron chi connectivity index (χ4n) is 1.66. The van der Waals surface area contributed by atoms with Crippen molar-refractivity contribution in [1.82, 2.24) is 9.97 Å². The van der Waals surface area contributed by atoms with Crippen molar-refractivity contribution in [1.29, 1.82) is 0 Å². The van der Waals surface area contributed by atoms with Crippen LogP contribution in [0.25, 0.3) is 0 Å². The van der Waals surface area contributed by atoms with Crippen molar-refractivity contribution in [2.45, 2.75) is 20.0 Å². The van der Waals surface area contributed by atoms with E-state index in [1.54, 1.807) is 6.92 Å². The van der Waals surface area contributed by atoms with Gasteiger partial charge in [-0.3, -0.25) is 0 Å². The zero-order valence-electron chi connectivity index (χ0n) is 10.7. The Bertz CT molecular complexity index is 584. The van der Waals surface area contributed by atoms with Crippen LogP contribution in [0, 0.1) is 6.92 Å². The SMILES string of the molecule is Cc1nc(OC(C)c2ccccc2)ncc1C(=O)O. The first kappa shape index (κ1) is 13.0. The molecule has 2 aromatic rings. The number of rotatable bonds is 4. The number of carboxylic acid groups (broad SMARTS) is 1. The largest absolute Gasteiger partial charge is 0.478 e. The van der Waals surface area contributed by atoms with Crippen LogP contribution in [0.1, 0.15) is 34.6 Å². The second-order valence-electron chi connectivity index (χ2n) is 4.13. The summed E-state index contributed by atoms with van der Waals surface area (Å²) in [6, 6.07) is 9.85. The fourth-order valence-corrected chi connectivity index (χ4v) is 1.66. The lowest BCUT2D eigenvalue weighted by atomic mass is 10.1. The standard InChI is InChI=1S/C14H14N2O3/c1-9-12(13(17)18)8-15-14(16-9)19-10(2)11-6-4-3-5-7-11/h3-8,10H,1-2H3,(H,17,18). The number of ether oxygens (including phenoxy) is 1. The number of hydrogen-bond donors (Lipinski definition) is 1. The number of benzene rings is 1. The maximum absolute atomic E-state index is 10.9. The van der Waals surface area contributed by atoms with Crippen LogP contribution in [0.3, 0.4) is 0 Å². The molecule has 1 N–H and O–H groups in total. The van der Waals surface area contributed by atoms with Crippen LogP contribution in [0.4, 0.5) is 0 Å². The van der Waals surface area contributed by atoms with Gasteiger partial charge in [-0.2, -0.15) is 4.98 Å². The number of aromatic carboxylic acids is 1. The van der Waals surface area contributed by atoms with E-state index in [2.05, 4.69) is 9.97 Å². The summed E-state index contributed by atoms with van der Waals surface area (Å²) >= 11 is 0. The van der Waals surface area contributed by atoms with E-state index in [0.29, 0.717) is 5.69 Å². The molecule has 0 saturated heterocycles. The second kappa shape index (κ2) is 5.48. The molecule has 1 aromatic heterocycles. The van der Waals surface area contributed by atoms with Crippen LogP contribution >= 0.6 is 0 Å². The summed E-state index contributed by atoms with van der Waals surface area (Å²) in [4.78, 5) is 18.8. The molecular formula is C14H14N2O3. The minimum atomic E-state index is -1.04. The van der Waals surface area contributed by atoms with Gasteiger partial charge in [0.05, 0.1) is 11.3 Å². The normalized spacial score (nSPS) is 11.9. The molecule has 0 saturated carbocycles. The molecule has 1 heterocycles. The van der Waals surface area contributed by atoms with Crippen LogP contribution in [-0.4, -0.2) is 21.0 Å². The van der Waals surface area contributed by atoms with E-state index >= 15 is 0 Å². The van der Waals surface area contributed by atoms with Gasteiger partial charge >= 0.3 is 12.0 Å². The Hall–Kier alpha value is -2.43. The molecule has 1 atom stereocenters. The third-order valence-corrected chi connectivity index (χ3v) is 2.74. The molecule has 0 spiro atoms. The van der Waals surface area contributed by atoms with Gasteiger partial charge in [-0.05, 0) is 19.4 Å². The smallest absolute Gasteiger partial charge is 0.339 e. The molecule has 0 aliphatic rings. The molecule has 0 fully saturated rings. The van der Waals surface area contributed by atoms with Gasteiger partial charge in [0.2, 0.25) is 0 Å². The Morgan fingerprint density at radius 2 is 2.00 bits per heavy atom. The molecule has 19 heavy (non-hydrogen) atoms. The molecule has 0 radical (unpaired) electrons. The number of carboxylic acids is 1. The van der Waals surface area contributed by atoms with Crippen molar-refractivity contribution in [2.24, 2.45) is 0 Å². The fraction of sp³-hybridized carbons (Fsp3) is 0.214. The molecular weight excluding hydrogens is 244 g/mol. The number of aryl methyl sites for hydroxylation is 1. The molecule has 1 aromatic carbocycles. The third-order valence-electron chi connectivity index (χ3n) is 2.74. The van der Waals surface area contributed by atoms with Crippen LogP contribution in [0.2, 0.25) is 0 Å². The first-order valence-corrected chi connectivity index (χ1v) is 5.86. The van der Waals surface area contributed by atoms with Crippen LogP contribution < -0.4 is 4.74 Å². The summed E-state index contributed by atoms with van der Waals surface area (Å²) in [6.45, 7) is 3.50. The van der Waals surface area contributed by atoms with E-state index in [-0.39, 0.29) is 17.7 Å². The minimum Gasteiger partial charge on any atom is -0.478 e. The lowest BCUT2D eigenvalue weighted by Crippen LogP contribution is -2.09. The highest BCUT2D eigenvalue weighted by atomic mass is 16.5. The zero-order valence-corrected chi connectivity index (χ0v) is 10.7. The monoisotopic (exact) mass is 258 g/mol. The molecule has 0 bridgehead atoms. The van der Waals surface area contributed by atoms with E-state index in [9.17, 15) is 4.79 Å². The number of aromatic nitrogens is 2. The Balaban J connectivity index is 2.16. The summed E-state index contributed by atoms with van der Waals surface area (Å²) < 4.78 is 5.60. The number of nitrogens with zero attached hydrogens (tertiary/aromatic N) is 2. The third kappa shape index (κ3) is 3.07. The van der Waals surface area contributed by atoms with E-state index in [1.165, 1.54) is 6.20 Å². The van der Waals surface area contributed by atoms with Gasteiger partial charge in [-0.25, -0.2) is 9.78 Å². The summed E-state index contributed by atoms with van der Waals surface area (Å²) in [5.74, 6) is -1.04. The molecule has 2 rings (SSSR count). The van der Waals surface area contributed by atoms with Crippen LogP contribution in [0.5, 0.6) is 6.01 Å². The van der Waals surface area contributed by atoms with Gasteiger partial charge in [0.25, 0.3) is 0 Å². The molecule has 5 nitrogen and oxygen atoms in total. The predicted molar refractivity (Wildman–Crippen MR) is 69.2 cm³/mol. The Labute approximate surface area is 110 Å². The summed E-state index contributed by atoms with van der Waals surface area (Å²) in [5.41, 5.74) is 1.48. The molecule has 98 valence electrons. The topological polar surface area (TPSA) is 72.3 Å². The summed E-state index contributed by atoms with van der Waals surface area (Å²) in [6.07, 6.45) is 1.06.